The number of aromatic nitrogens is 1. The number of halogens is 1. The van der Waals surface area contributed by atoms with Crippen LogP contribution in [0.5, 0.6) is 0 Å². The van der Waals surface area contributed by atoms with Gasteiger partial charge in [-0.15, -0.1) is 0 Å². The van der Waals surface area contributed by atoms with Crippen LogP contribution in [0.1, 0.15) is 31.0 Å². The van der Waals surface area contributed by atoms with Crippen molar-refractivity contribution in [3.05, 3.63) is 71.7 Å². The molecule has 1 aliphatic heterocycles. The third-order valence-corrected chi connectivity index (χ3v) is 5.70. The fraction of sp³-hybridized carbons (Fsp3) is 0.333. The highest BCUT2D eigenvalue weighted by Gasteiger charge is 2.26. The van der Waals surface area contributed by atoms with Crippen molar-refractivity contribution < 1.29 is 9.18 Å². The summed E-state index contributed by atoms with van der Waals surface area (Å²) in [5.74, 6) is -0.157. The molecule has 3 aromatic rings. The van der Waals surface area contributed by atoms with Gasteiger partial charge in [0.2, 0.25) is 5.91 Å². The molecule has 1 aromatic heterocycles. The highest BCUT2D eigenvalue weighted by atomic mass is 19.1. The lowest BCUT2D eigenvalue weighted by molar-refractivity contribution is -0.125. The van der Waals surface area contributed by atoms with E-state index in [1.807, 2.05) is 6.07 Å². The van der Waals surface area contributed by atoms with E-state index >= 15 is 0 Å². The molecule has 5 heteroatoms. The minimum Gasteiger partial charge on any atom is -0.371 e. The number of para-hydroxylation sites is 1. The van der Waals surface area contributed by atoms with Gasteiger partial charge in [0.1, 0.15) is 5.82 Å². The van der Waals surface area contributed by atoms with Crippen LogP contribution in [0.15, 0.2) is 54.6 Å². The van der Waals surface area contributed by atoms with E-state index in [0.717, 1.165) is 49.1 Å². The normalized spacial score (nSPS) is 14.9. The van der Waals surface area contributed by atoms with Crippen LogP contribution in [0.4, 0.5) is 10.1 Å². The van der Waals surface area contributed by atoms with Crippen LogP contribution in [0.25, 0.3) is 10.9 Å². The maximum absolute atomic E-state index is 13.0. The third kappa shape index (κ3) is 4.39. The number of hydrogen-bond donors (Lipinski definition) is 1. The van der Waals surface area contributed by atoms with Gasteiger partial charge in [-0.1, -0.05) is 37.3 Å². The van der Waals surface area contributed by atoms with Gasteiger partial charge in [-0.3, -0.25) is 9.78 Å². The number of hydrogen-bond acceptors (Lipinski definition) is 3. The lowest BCUT2D eigenvalue weighted by Gasteiger charge is -2.34. The van der Waals surface area contributed by atoms with Crippen LogP contribution in [-0.4, -0.2) is 24.0 Å². The van der Waals surface area contributed by atoms with E-state index in [4.69, 9.17) is 4.98 Å². The Morgan fingerprint density at radius 1 is 1.14 bits per heavy atom. The molecule has 0 saturated carbocycles. The van der Waals surface area contributed by atoms with Crippen LogP contribution < -0.4 is 10.2 Å². The minimum absolute atomic E-state index is 0.0189. The van der Waals surface area contributed by atoms with Crippen molar-refractivity contribution in [2.24, 2.45) is 5.92 Å². The third-order valence-electron chi connectivity index (χ3n) is 5.70. The summed E-state index contributed by atoms with van der Waals surface area (Å²) in [6.07, 6.45) is 2.56. The lowest BCUT2D eigenvalue weighted by Crippen LogP contribution is -2.40. The van der Waals surface area contributed by atoms with E-state index in [-0.39, 0.29) is 17.6 Å². The van der Waals surface area contributed by atoms with E-state index in [0.29, 0.717) is 6.54 Å². The van der Waals surface area contributed by atoms with Crippen molar-refractivity contribution in [1.29, 1.82) is 0 Å². The topological polar surface area (TPSA) is 45.2 Å². The molecule has 0 radical (unpaired) electrons. The van der Waals surface area contributed by atoms with Crippen LogP contribution in [0, 0.1) is 11.7 Å². The number of nitrogens with one attached hydrogen (secondary N) is 1. The van der Waals surface area contributed by atoms with Crippen LogP contribution in [0.2, 0.25) is 0 Å². The quantitative estimate of drug-likeness (QED) is 0.698. The summed E-state index contributed by atoms with van der Waals surface area (Å²) >= 11 is 0. The second-order valence-electron chi connectivity index (χ2n) is 7.61. The number of benzene rings is 2. The van der Waals surface area contributed by atoms with Gasteiger partial charge >= 0.3 is 0 Å². The standard InChI is InChI=1S/C24H26FN3O/c1-2-20-15-23(21-5-3-4-6-22(21)27-20)28-13-11-18(12-14-28)24(29)26-16-17-7-9-19(25)10-8-17/h3-10,15,18H,2,11-14,16H2,1H3,(H,26,29). The Hall–Kier alpha value is -2.95. The number of aryl methyl sites for hydroxylation is 1. The fourth-order valence-corrected chi connectivity index (χ4v) is 3.97. The molecular weight excluding hydrogens is 365 g/mol. The monoisotopic (exact) mass is 391 g/mol. The highest BCUT2D eigenvalue weighted by Crippen LogP contribution is 2.30. The average molecular weight is 391 g/mol. The number of carbonyl (C=O) groups is 1. The smallest absolute Gasteiger partial charge is 0.223 e. The van der Waals surface area contributed by atoms with Gasteiger partial charge in [0.05, 0.1) is 5.52 Å². The van der Waals surface area contributed by atoms with Crippen LogP contribution >= 0.6 is 0 Å². The highest BCUT2D eigenvalue weighted by molar-refractivity contribution is 5.92. The van der Waals surface area contributed by atoms with Gasteiger partial charge < -0.3 is 10.2 Å². The molecule has 1 fully saturated rings. The SMILES string of the molecule is CCc1cc(N2CCC(C(=O)NCc3ccc(F)cc3)CC2)c2ccccc2n1. The first-order valence-electron chi connectivity index (χ1n) is 10.3. The zero-order chi connectivity index (χ0) is 20.2. The second-order valence-corrected chi connectivity index (χ2v) is 7.61. The summed E-state index contributed by atoms with van der Waals surface area (Å²) in [7, 11) is 0. The Labute approximate surface area is 170 Å². The van der Waals surface area contributed by atoms with Gasteiger partial charge in [-0.2, -0.15) is 0 Å². The van der Waals surface area contributed by atoms with E-state index in [1.54, 1.807) is 12.1 Å². The molecular formula is C24H26FN3O. The Kier molecular flexibility index (Phi) is 5.74. The Morgan fingerprint density at radius 3 is 2.59 bits per heavy atom. The summed E-state index contributed by atoms with van der Waals surface area (Å²) in [4.78, 5) is 19.7. The van der Waals surface area contributed by atoms with E-state index in [9.17, 15) is 9.18 Å². The summed E-state index contributed by atoms with van der Waals surface area (Å²) in [5, 5.41) is 4.17. The Balaban J connectivity index is 1.40. The van der Waals surface area contributed by atoms with E-state index < -0.39 is 0 Å². The Morgan fingerprint density at radius 2 is 1.86 bits per heavy atom. The van der Waals surface area contributed by atoms with Crippen molar-refractivity contribution in [2.45, 2.75) is 32.7 Å². The number of fused-ring (bicyclic) bond motifs is 1. The number of nitrogens with zero attached hydrogens (tertiary/aromatic N) is 2. The predicted molar refractivity (Wildman–Crippen MR) is 114 cm³/mol. The van der Waals surface area contributed by atoms with Crippen molar-refractivity contribution in [2.75, 3.05) is 18.0 Å². The predicted octanol–water partition coefficient (Wildman–Crippen LogP) is 4.47. The maximum Gasteiger partial charge on any atom is 0.223 e. The van der Waals surface area contributed by atoms with Crippen molar-refractivity contribution in [1.82, 2.24) is 10.3 Å². The molecule has 0 unspecified atom stereocenters. The molecule has 2 aromatic carbocycles. The molecule has 0 spiro atoms. The maximum atomic E-state index is 13.0. The van der Waals surface area contributed by atoms with Crippen LogP contribution in [0.3, 0.4) is 0 Å². The molecule has 29 heavy (non-hydrogen) atoms. The average Bonchev–Trinajstić information content (AvgIpc) is 2.78. The molecule has 2 heterocycles. The number of carbonyl (C=O) groups excluding carboxylic acids is 1. The summed E-state index contributed by atoms with van der Waals surface area (Å²) in [5.41, 5.74) is 4.25. The molecule has 4 rings (SSSR count). The molecule has 1 amide bonds. The summed E-state index contributed by atoms with van der Waals surface area (Å²) in [6, 6.07) is 16.7. The first-order valence-corrected chi connectivity index (χ1v) is 10.3. The molecule has 0 bridgehead atoms. The zero-order valence-corrected chi connectivity index (χ0v) is 16.7. The van der Waals surface area contributed by atoms with Gasteiger partial charge in [0.15, 0.2) is 0 Å². The van der Waals surface area contributed by atoms with Gasteiger partial charge in [-0.05, 0) is 49.1 Å². The zero-order valence-electron chi connectivity index (χ0n) is 16.7. The lowest BCUT2D eigenvalue weighted by atomic mass is 9.95. The largest absolute Gasteiger partial charge is 0.371 e. The molecule has 1 aliphatic rings. The number of amides is 1. The molecule has 1 saturated heterocycles. The molecule has 4 nitrogen and oxygen atoms in total. The van der Waals surface area contributed by atoms with Crippen molar-refractivity contribution in [3.63, 3.8) is 0 Å². The molecule has 0 aliphatic carbocycles. The first kappa shape index (κ1) is 19.4. The van der Waals surface area contributed by atoms with Gasteiger partial charge in [0.25, 0.3) is 0 Å². The van der Waals surface area contributed by atoms with E-state index in [2.05, 4.69) is 41.4 Å². The van der Waals surface area contributed by atoms with Crippen LogP contribution in [-0.2, 0) is 17.8 Å². The second kappa shape index (κ2) is 8.60. The first-order chi connectivity index (χ1) is 14.1. The van der Waals surface area contributed by atoms with Crippen molar-refractivity contribution >= 4 is 22.5 Å². The number of anilines is 1. The fourth-order valence-electron chi connectivity index (χ4n) is 3.97. The number of rotatable bonds is 5. The van der Waals surface area contributed by atoms with E-state index in [1.165, 1.54) is 23.2 Å². The Bertz CT molecular complexity index is 995. The summed E-state index contributed by atoms with van der Waals surface area (Å²) in [6.45, 7) is 4.27. The molecule has 1 N–H and O–H groups in total. The van der Waals surface area contributed by atoms with Gasteiger partial charge in [-0.25, -0.2) is 4.39 Å². The van der Waals surface area contributed by atoms with Crippen molar-refractivity contribution in [3.8, 4) is 0 Å². The molecule has 0 atom stereocenters. The van der Waals surface area contributed by atoms with Gasteiger partial charge in [0, 0.05) is 42.3 Å². The number of piperidine rings is 1. The summed E-state index contributed by atoms with van der Waals surface area (Å²) < 4.78 is 13.0. The number of pyridine rings is 1. The molecule has 150 valence electrons. The minimum atomic E-state index is -0.262.